The molecular formula is C13H13NO2. The number of ether oxygens (including phenoxy) is 1. The Morgan fingerprint density at radius 2 is 2.19 bits per heavy atom. The standard InChI is InChI=1S/C13H13NO2/c1-3-9-16-11-6-4-5-10-7-8-12(15)14(2)13(10)11/h3-8H,1,9H2,2H3. The quantitative estimate of drug-likeness (QED) is 0.734. The average molecular weight is 215 g/mol. The Balaban J connectivity index is 2.69. The topological polar surface area (TPSA) is 31.2 Å². The van der Waals surface area contributed by atoms with E-state index < -0.39 is 0 Å². The van der Waals surface area contributed by atoms with Crippen LogP contribution in [0.1, 0.15) is 0 Å². The van der Waals surface area contributed by atoms with Crippen LogP contribution in [-0.4, -0.2) is 11.2 Å². The van der Waals surface area contributed by atoms with E-state index >= 15 is 0 Å². The smallest absolute Gasteiger partial charge is 0.250 e. The first-order valence-corrected chi connectivity index (χ1v) is 5.06. The first-order valence-electron chi connectivity index (χ1n) is 5.06. The van der Waals surface area contributed by atoms with Crippen LogP contribution in [0.15, 0.2) is 47.8 Å². The van der Waals surface area contributed by atoms with E-state index in [9.17, 15) is 4.79 Å². The number of aryl methyl sites for hydroxylation is 1. The van der Waals surface area contributed by atoms with Crippen molar-refractivity contribution >= 4 is 10.9 Å². The summed E-state index contributed by atoms with van der Waals surface area (Å²) in [6.45, 7) is 4.03. The van der Waals surface area contributed by atoms with E-state index in [4.69, 9.17) is 4.74 Å². The van der Waals surface area contributed by atoms with E-state index in [2.05, 4.69) is 6.58 Å². The molecule has 0 bridgehead atoms. The number of fused-ring (bicyclic) bond motifs is 1. The fraction of sp³-hybridized carbons (Fsp3) is 0.154. The molecule has 0 radical (unpaired) electrons. The van der Waals surface area contributed by atoms with Gasteiger partial charge in [0.25, 0.3) is 5.56 Å². The Hall–Kier alpha value is -2.03. The molecule has 2 aromatic rings. The minimum absolute atomic E-state index is 0.0397. The lowest BCUT2D eigenvalue weighted by Crippen LogP contribution is -2.15. The monoisotopic (exact) mass is 215 g/mol. The number of aromatic nitrogens is 1. The molecule has 0 amide bonds. The molecule has 0 fully saturated rings. The lowest BCUT2D eigenvalue weighted by atomic mass is 10.2. The van der Waals surface area contributed by atoms with Gasteiger partial charge in [-0.3, -0.25) is 4.79 Å². The van der Waals surface area contributed by atoms with Crippen molar-refractivity contribution in [1.29, 1.82) is 0 Å². The molecule has 2 rings (SSSR count). The predicted molar refractivity (Wildman–Crippen MR) is 64.9 cm³/mol. The van der Waals surface area contributed by atoms with Crippen LogP contribution >= 0.6 is 0 Å². The highest BCUT2D eigenvalue weighted by Crippen LogP contribution is 2.23. The van der Waals surface area contributed by atoms with Crippen LogP contribution in [0.3, 0.4) is 0 Å². The molecular weight excluding hydrogens is 202 g/mol. The summed E-state index contributed by atoms with van der Waals surface area (Å²) >= 11 is 0. The SMILES string of the molecule is C=CCOc1cccc2ccc(=O)n(C)c12. The highest BCUT2D eigenvalue weighted by molar-refractivity contribution is 5.84. The summed E-state index contributed by atoms with van der Waals surface area (Å²) in [6.07, 6.45) is 1.68. The largest absolute Gasteiger partial charge is 0.487 e. The average Bonchev–Trinajstić information content (AvgIpc) is 2.31. The van der Waals surface area contributed by atoms with Gasteiger partial charge in [0.15, 0.2) is 0 Å². The van der Waals surface area contributed by atoms with Crippen LogP contribution in [0, 0.1) is 0 Å². The molecule has 0 saturated heterocycles. The van der Waals surface area contributed by atoms with Crippen molar-refractivity contribution in [2.75, 3.05) is 6.61 Å². The van der Waals surface area contributed by atoms with Gasteiger partial charge >= 0.3 is 0 Å². The fourth-order valence-electron chi connectivity index (χ4n) is 1.68. The van der Waals surface area contributed by atoms with Crippen LogP contribution in [0.4, 0.5) is 0 Å². The van der Waals surface area contributed by atoms with Crippen LogP contribution < -0.4 is 10.3 Å². The van der Waals surface area contributed by atoms with Crippen molar-refractivity contribution < 1.29 is 4.74 Å². The lowest BCUT2D eigenvalue weighted by Gasteiger charge is -2.10. The van der Waals surface area contributed by atoms with Gasteiger partial charge < -0.3 is 9.30 Å². The first-order chi connectivity index (χ1) is 7.74. The van der Waals surface area contributed by atoms with Gasteiger partial charge in [-0.1, -0.05) is 24.8 Å². The molecule has 0 atom stereocenters. The third kappa shape index (κ3) is 1.72. The molecule has 0 saturated carbocycles. The molecule has 0 aliphatic rings. The maximum Gasteiger partial charge on any atom is 0.250 e. The zero-order valence-corrected chi connectivity index (χ0v) is 9.14. The summed E-state index contributed by atoms with van der Waals surface area (Å²) in [5.41, 5.74) is 0.777. The van der Waals surface area contributed by atoms with E-state index in [-0.39, 0.29) is 5.56 Å². The van der Waals surface area contributed by atoms with Gasteiger partial charge in [-0.15, -0.1) is 0 Å². The van der Waals surface area contributed by atoms with Crippen molar-refractivity contribution in [2.45, 2.75) is 0 Å². The maximum absolute atomic E-state index is 11.5. The number of pyridine rings is 1. The lowest BCUT2D eigenvalue weighted by molar-refractivity contribution is 0.366. The molecule has 3 heteroatoms. The Bertz CT molecular complexity index is 584. The van der Waals surface area contributed by atoms with Crippen molar-refractivity contribution in [3.05, 3.63) is 53.3 Å². The van der Waals surface area contributed by atoms with Crippen LogP contribution in [0.5, 0.6) is 5.75 Å². The highest BCUT2D eigenvalue weighted by Gasteiger charge is 2.05. The molecule has 0 N–H and O–H groups in total. The van der Waals surface area contributed by atoms with E-state index in [0.29, 0.717) is 12.4 Å². The second-order valence-electron chi connectivity index (χ2n) is 3.52. The Kier molecular flexibility index (Phi) is 2.77. The molecule has 3 nitrogen and oxygen atoms in total. The van der Waals surface area contributed by atoms with Gasteiger partial charge in [0, 0.05) is 18.5 Å². The Labute approximate surface area is 93.6 Å². The minimum atomic E-state index is -0.0397. The van der Waals surface area contributed by atoms with Crippen molar-refractivity contribution in [3.63, 3.8) is 0 Å². The molecule has 16 heavy (non-hydrogen) atoms. The summed E-state index contributed by atoms with van der Waals surface area (Å²) < 4.78 is 7.12. The normalized spacial score (nSPS) is 10.3. The summed E-state index contributed by atoms with van der Waals surface area (Å²) in [7, 11) is 1.74. The van der Waals surface area contributed by atoms with E-state index in [0.717, 1.165) is 10.9 Å². The van der Waals surface area contributed by atoms with Crippen LogP contribution in [0.2, 0.25) is 0 Å². The number of hydrogen-bond donors (Lipinski definition) is 0. The summed E-state index contributed by atoms with van der Waals surface area (Å²) in [6, 6.07) is 9.07. The van der Waals surface area contributed by atoms with Crippen LogP contribution in [-0.2, 0) is 7.05 Å². The molecule has 0 spiro atoms. The maximum atomic E-state index is 11.5. The number of nitrogens with zero attached hydrogens (tertiary/aromatic N) is 1. The van der Waals surface area contributed by atoms with Gasteiger partial charge in [-0.05, 0) is 12.1 Å². The summed E-state index contributed by atoms with van der Waals surface area (Å²) in [5.74, 6) is 0.706. The van der Waals surface area contributed by atoms with Gasteiger partial charge in [0.05, 0.1) is 5.52 Å². The zero-order chi connectivity index (χ0) is 11.5. The molecule has 82 valence electrons. The van der Waals surface area contributed by atoms with Crippen molar-refractivity contribution in [3.8, 4) is 5.75 Å². The minimum Gasteiger partial charge on any atom is -0.487 e. The van der Waals surface area contributed by atoms with Gasteiger partial charge in [0.1, 0.15) is 12.4 Å². The Morgan fingerprint density at radius 3 is 2.94 bits per heavy atom. The third-order valence-corrected chi connectivity index (χ3v) is 2.46. The van der Waals surface area contributed by atoms with Gasteiger partial charge in [-0.2, -0.15) is 0 Å². The van der Waals surface area contributed by atoms with Crippen molar-refractivity contribution in [1.82, 2.24) is 4.57 Å². The molecule has 1 heterocycles. The zero-order valence-electron chi connectivity index (χ0n) is 9.14. The van der Waals surface area contributed by atoms with E-state index in [1.807, 2.05) is 18.2 Å². The number of benzene rings is 1. The second kappa shape index (κ2) is 4.23. The number of hydrogen-bond acceptors (Lipinski definition) is 2. The molecule has 1 aromatic carbocycles. The Morgan fingerprint density at radius 1 is 1.38 bits per heavy atom. The number of para-hydroxylation sites is 1. The molecule has 0 aliphatic heterocycles. The fourth-order valence-corrected chi connectivity index (χ4v) is 1.68. The number of rotatable bonds is 3. The molecule has 1 aromatic heterocycles. The van der Waals surface area contributed by atoms with E-state index in [1.165, 1.54) is 0 Å². The summed E-state index contributed by atoms with van der Waals surface area (Å²) in [4.78, 5) is 11.5. The van der Waals surface area contributed by atoms with Gasteiger partial charge in [-0.25, -0.2) is 0 Å². The first kappa shape index (κ1) is 10.5. The molecule has 0 aliphatic carbocycles. The summed E-state index contributed by atoms with van der Waals surface area (Å²) in [5, 5.41) is 0.990. The van der Waals surface area contributed by atoms with Crippen molar-refractivity contribution in [2.24, 2.45) is 7.05 Å². The van der Waals surface area contributed by atoms with Crippen LogP contribution in [0.25, 0.3) is 10.9 Å². The second-order valence-corrected chi connectivity index (χ2v) is 3.52. The predicted octanol–water partition coefficient (Wildman–Crippen LogP) is 2.10. The molecule has 0 unspecified atom stereocenters. The highest BCUT2D eigenvalue weighted by atomic mass is 16.5. The third-order valence-electron chi connectivity index (χ3n) is 2.46. The van der Waals surface area contributed by atoms with E-state index in [1.54, 1.807) is 29.8 Å². The van der Waals surface area contributed by atoms with Gasteiger partial charge in [0.2, 0.25) is 0 Å².